The summed E-state index contributed by atoms with van der Waals surface area (Å²) in [6, 6.07) is 0.452. The van der Waals surface area contributed by atoms with Crippen molar-refractivity contribution in [1.29, 1.82) is 0 Å². The van der Waals surface area contributed by atoms with Crippen LogP contribution >= 0.6 is 0 Å². The van der Waals surface area contributed by atoms with Crippen molar-refractivity contribution in [2.45, 2.75) is 6.04 Å². The van der Waals surface area contributed by atoms with E-state index in [2.05, 4.69) is 29.9 Å². The molecule has 0 heterocycles. The second kappa shape index (κ2) is 3.98. The average molecular weight is 150 g/mol. The summed E-state index contributed by atoms with van der Waals surface area (Å²) in [7, 11) is 0. The molecule has 60 valence electrons. The molecule has 2 heteroatoms. The number of nitrogens with one attached hydrogen (secondary N) is 2. The van der Waals surface area contributed by atoms with E-state index in [0.29, 0.717) is 6.04 Å². The Kier molecular flexibility index (Phi) is 2.93. The molecule has 0 aromatic rings. The number of hydrogen-bond acceptors (Lipinski definition) is 2. The number of rotatable bonds is 6. The van der Waals surface area contributed by atoms with Crippen LogP contribution in [0.4, 0.5) is 0 Å². The molecule has 1 aliphatic carbocycles. The van der Waals surface area contributed by atoms with Crippen LogP contribution in [-0.4, -0.2) is 19.1 Å². The van der Waals surface area contributed by atoms with Crippen LogP contribution < -0.4 is 10.6 Å². The van der Waals surface area contributed by atoms with E-state index in [1.54, 1.807) is 0 Å². The highest BCUT2D eigenvalue weighted by Crippen LogP contribution is 2.15. The Morgan fingerprint density at radius 3 is 2.73 bits per heavy atom. The summed E-state index contributed by atoms with van der Waals surface area (Å²) in [5.74, 6) is 0. The summed E-state index contributed by atoms with van der Waals surface area (Å²) in [5.41, 5.74) is 1.27. The van der Waals surface area contributed by atoms with E-state index in [4.69, 9.17) is 0 Å². The zero-order valence-electron chi connectivity index (χ0n) is 6.64. The van der Waals surface area contributed by atoms with Gasteiger partial charge >= 0.3 is 0 Å². The van der Waals surface area contributed by atoms with Gasteiger partial charge in [-0.2, -0.15) is 0 Å². The first-order chi connectivity index (χ1) is 5.38. The Balaban J connectivity index is 2.00. The molecule has 2 N–H and O–H groups in total. The van der Waals surface area contributed by atoms with Crippen LogP contribution in [0.2, 0.25) is 0 Å². The normalized spacial score (nSPS) is 20.4. The van der Waals surface area contributed by atoms with Crippen molar-refractivity contribution >= 4 is 0 Å². The van der Waals surface area contributed by atoms with Gasteiger partial charge in [-0.3, -0.25) is 0 Å². The smallest absolute Gasteiger partial charge is 0.0675 e. The van der Waals surface area contributed by atoms with Crippen LogP contribution in [0.1, 0.15) is 0 Å². The Labute approximate surface area is 67.7 Å². The Hall–Kier alpha value is -1.02. The molecule has 0 aromatic carbocycles. The van der Waals surface area contributed by atoms with E-state index in [1.807, 2.05) is 12.2 Å². The Bertz CT molecular complexity index is 182. The minimum atomic E-state index is 0.452. The molecule has 11 heavy (non-hydrogen) atoms. The SMILES string of the molecule is C=CCNC1=CC1NCC=C. The van der Waals surface area contributed by atoms with Gasteiger partial charge in [0, 0.05) is 18.8 Å². The average Bonchev–Trinajstić information content (AvgIpc) is 2.76. The molecule has 0 radical (unpaired) electrons. The van der Waals surface area contributed by atoms with Gasteiger partial charge in [0.25, 0.3) is 0 Å². The van der Waals surface area contributed by atoms with E-state index in [-0.39, 0.29) is 0 Å². The van der Waals surface area contributed by atoms with E-state index in [1.165, 1.54) is 5.70 Å². The van der Waals surface area contributed by atoms with Crippen molar-refractivity contribution in [2.24, 2.45) is 0 Å². The molecule has 0 saturated carbocycles. The summed E-state index contributed by atoms with van der Waals surface area (Å²) in [6.07, 6.45) is 5.86. The fraction of sp³-hybridized carbons (Fsp3) is 0.333. The van der Waals surface area contributed by atoms with Gasteiger partial charge in [-0.05, 0) is 6.08 Å². The zero-order valence-corrected chi connectivity index (χ0v) is 6.64. The maximum Gasteiger partial charge on any atom is 0.0675 e. The van der Waals surface area contributed by atoms with Crippen LogP contribution in [0.3, 0.4) is 0 Å². The van der Waals surface area contributed by atoms with Gasteiger partial charge < -0.3 is 10.6 Å². The maximum absolute atomic E-state index is 3.63. The number of hydrogen-bond donors (Lipinski definition) is 2. The lowest BCUT2D eigenvalue weighted by Gasteiger charge is -2.01. The van der Waals surface area contributed by atoms with Crippen LogP contribution in [-0.2, 0) is 0 Å². The fourth-order valence-corrected chi connectivity index (χ4v) is 0.870. The highest BCUT2D eigenvalue weighted by Gasteiger charge is 2.21. The van der Waals surface area contributed by atoms with Gasteiger partial charge in [0.1, 0.15) is 0 Å². The molecule has 0 spiro atoms. The van der Waals surface area contributed by atoms with Crippen LogP contribution in [0, 0.1) is 0 Å². The molecular formula is C9H14N2. The second-order valence-corrected chi connectivity index (χ2v) is 2.47. The highest BCUT2D eigenvalue weighted by atomic mass is 15.0. The summed E-state index contributed by atoms with van der Waals surface area (Å²) in [5, 5.41) is 6.47. The first-order valence-electron chi connectivity index (χ1n) is 3.79. The topological polar surface area (TPSA) is 24.1 Å². The minimum Gasteiger partial charge on any atom is -0.384 e. The van der Waals surface area contributed by atoms with E-state index in [9.17, 15) is 0 Å². The van der Waals surface area contributed by atoms with Crippen molar-refractivity contribution in [1.82, 2.24) is 10.6 Å². The zero-order chi connectivity index (χ0) is 8.10. The molecule has 0 bridgehead atoms. The van der Waals surface area contributed by atoms with Gasteiger partial charge in [-0.25, -0.2) is 0 Å². The molecule has 1 atom stereocenters. The summed E-state index contributed by atoms with van der Waals surface area (Å²) in [4.78, 5) is 0. The summed E-state index contributed by atoms with van der Waals surface area (Å²) >= 11 is 0. The van der Waals surface area contributed by atoms with Crippen LogP contribution in [0.25, 0.3) is 0 Å². The molecule has 1 rings (SSSR count). The molecule has 2 nitrogen and oxygen atoms in total. The maximum atomic E-state index is 3.63. The summed E-state index contributed by atoms with van der Waals surface area (Å²) in [6.45, 7) is 8.95. The lowest BCUT2D eigenvalue weighted by Crippen LogP contribution is -2.23. The predicted molar refractivity (Wildman–Crippen MR) is 48.3 cm³/mol. The Morgan fingerprint density at radius 2 is 2.09 bits per heavy atom. The molecule has 1 aliphatic rings. The van der Waals surface area contributed by atoms with Crippen LogP contribution in [0.5, 0.6) is 0 Å². The van der Waals surface area contributed by atoms with Crippen molar-refractivity contribution < 1.29 is 0 Å². The quantitative estimate of drug-likeness (QED) is 0.547. The molecular weight excluding hydrogens is 136 g/mol. The van der Waals surface area contributed by atoms with Gasteiger partial charge in [0.15, 0.2) is 0 Å². The molecule has 0 fully saturated rings. The standard InChI is InChI=1S/C9H14N2/c1-3-5-10-8-7-9(8)11-6-4-2/h3-4,7-8,10-11H,1-2,5-6H2. The second-order valence-electron chi connectivity index (χ2n) is 2.47. The first-order valence-corrected chi connectivity index (χ1v) is 3.79. The van der Waals surface area contributed by atoms with E-state index >= 15 is 0 Å². The molecule has 0 aromatic heterocycles. The monoisotopic (exact) mass is 150 g/mol. The first kappa shape index (κ1) is 8.08. The molecule has 0 aliphatic heterocycles. The van der Waals surface area contributed by atoms with Crippen molar-refractivity contribution in [3.05, 3.63) is 37.1 Å². The lowest BCUT2D eigenvalue weighted by atomic mass is 10.5. The Morgan fingerprint density at radius 1 is 1.36 bits per heavy atom. The molecule has 0 amide bonds. The van der Waals surface area contributed by atoms with Crippen molar-refractivity contribution in [3.63, 3.8) is 0 Å². The molecule has 1 unspecified atom stereocenters. The lowest BCUT2D eigenvalue weighted by molar-refractivity contribution is 0.742. The van der Waals surface area contributed by atoms with Gasteiger partial charge in [0.2, 0.25) is 0 Å². The van der Waals surface area contributed by atoms with Gasteiger partial charge in [-0.15, -0.1) is 13.2 Å². The van der Waals surface area contributed by atoms with E-state index < -0.39 is 0 Å². The van der Waals surface area contributed by atoms with Crippen molar-refractivity contribution in [2.75, 3.05) is 13.1 Å². The minimum absolute atomic E-state index is 0.452. The highest BCUT2D eigenvalue weighted by molar-refractivity contribution is 5.33. The van der Waals surface area contributed by atoms with Crippen molar-refractivity contribution in [3.8, 4) is 0 Å². The summed E-state index contributed by atoms with van der Waals surface area (Å²) < 4.78 is 0. The largest absolute Gasteiger partial charge is 0.384 e. The molecule has 0 saturated heterocycles. The van der Waals surface area contributed by atoms with Gasteiger partial charge in [0.05, 0.1) is 6.04 Å². The third kappa shape index (κ3) is 2.60. The predicted octanol–water partition coefficient (Wildman–Crippen LogP) is 0.804. The third-order valence-corrected chi connectivity index (χ3v) is 1.50. The van der Waals surface area contributed by atoms with E-state index in [0.717, 1.165) is 13.1 Å². The third-order valence-electron chi connectivity index (χ3n) is 1.50. The van der Waals surface area contributed by atoms with Crippen LogP contribution in [0.15, 0.2) is 37.1 Å². The van der Waals surface area contributed by atoms with Gasteiger partial charge in [-0.1, -0.05) is 12.2 Å². The fourth-order valence-electron chi connectivity index (χ4n) is 0.870.